The van der Waals surface area contributed by atoms with Crippen molar-refractivity contribution in [3.05, 3.63) is 28.2 Å². The van der Waals surface area contributed by atoms with Crippen LogP contribution in [0.5, 0.6) is 0 Å². The van der Waals surface area contributed by atoms with Crippen LogP contribution in [0.2, 0.25) is 10.0 Å². The summed E-state index contributed by atoms with van der Waals surface area (Å²) >= 11 is 11.8. The Hall–Kier alpha value is -1.79. The first-order valence-corrected chi connectivity index (χ1v) is 7.45. The molecule has 6 nitrogen and oxygen atoms in total. The number of rotatable bonds is 1. The van der Waals surface area contributed by atoms with E-state index in [9.17, 15) is 14.4 Å². The molecule has 0 unspecified atom stereocenters. The standard InChI is InChI=1S/C14H15Cl2N3O3/c1-9(20)18-5-7-19(8-6-18)14(22)13(21)17-11-4-2-3-10(15)12(11)16/h2-4H,5-8H2,1H3,(H,17,21). The van der Waals surface area contributed by atoms with E-state index in [-0.39, 0.29) is 16.6 Å². The highest BCUT2D eigenvalue weighted by Gasteiger charge is 2.27. The van der Waals surface area contributed by atoms with Gasteiger partial charge in [0.05, 0.1) is 15.7 Å². The van der Waals surface area contributed by atoms with Crippen molar-refractivity contribution in [1.82, 2.24) is 9.80 Å². The third-order valence-corrected chi connectivity index (χ3v) is 4.23. The molecular formula is C14H15Cl2N3O3. The Kier molecular flexibility index (Phi) is 5.26. The third-order valence-electron chi connectivity index (χ3n) is 3.41. The molecule has 1 N–H and O–H groups in total. The SMILES string of the molecule is CC(=O)N1CCN(C(=O)C(=O)Nc2cccc(Cl)c2Cl)CC1. The van der Waals surface area contributed by atoms with Crippen LogP contribution in [-0.4, -0.2) is 53.7 Å². The van der Waals surface area contributed by atoms with E-state index >= 15 is 0 Å². The second-order valence-electron chi connectivity index (χ2n) is 4.85. The second kappa shape index (κ2) is 6.98. The molecule has 3 amide bonds. The average molecular weight is 344 g/mol. The zero-order chi connectivity index (χ0) is 16.3. The first-order valence-electron chi connectivity index (χ1n) is 6.70. The zero-order valence-corrected chi connectivity index (χ0v) is 13.4. The van der Waals surface area contributed by atoms with Crippen LogP contribution in [0.3, 0.4) is 0 Å². The lowest BCUT2D eigenvalue weighted by Crippen LogP contribution is -2.52. The molecule has 1 aromatic carbocycles. The summed E-state index contributed by atoms with van der Waals surface area (Å²) in [5, 5.41) is 2.94. The zero-order valence-electron chi connectivity index (χ0n) is 11.9. The van der Waals surface area contributed by atoms with Gasteiger partial charge in [0.15, 0.2) is 0 Å². The van der Waals surface area contributed by atoms with Gasteiger partial charge in [0, 0.05) is 33.1 Å². The summed E-state index contributed by atoms with van der Waals surface area (Å²) in [6, 6.07) is 4.77. The molecular weight excluding hydrogens is 329 g/mol. The van der Waals surface area contributed by atoms with Gasteiger partial charge in [0.2, 0.25) is 5.91 Å². The predicted molar refractivity (Wildman–Crippen MR) is 83.9 cm³/mol. The number of nitrogens with one attached hydrogen (secondary N) is 1. The Morgan fingerprint density at radius 1 is 1.05 bits per heavy atom. The van der Waals surface area contributed by atoms with Gasteiger partial charge in [-0.25, -0.2) is 0 Å². The molecule has 0 bridgehead atoms. The van der Waals surface area contributed by atoms with Crippen LogP contribution in [0.25, 0.3) is 0 Å². The topological polar surface area (TPSA) is 69.7 Å². The number of amides is 3. The van der Waals surface area contributed by atoms with Crippen LogP contribution in [0, 0.1) is 0 Å². The van der Waals surface area contributed by atoms with Gasteiger partial charge in [-0.15, -0.1) is 0 Å². The highest BCUT2D eigenvalue weighted by Crippen LogP contribution is 2.29. The minimum atomic E-state index is -0.777. The maximum atomic E-state index is 12.1. The molecule has 0 spiro atoms. The molecule has 0 atom stereocenters. The van der Waals surface area contributed by atoms with Crippen molar-refractivity contribution in [2.24, 2.45) is 0 Å². The van der Waals surface area contributed by atoms with Crippen molar-refractivity contribution in [2.75, 3.05) is 31.5 Å². The molecule has 0 saturated carbocycles. The van der Waals surface area contributed by atoms with Crippen molar-refractivity contribution in [1.29, 1.82) is 0 Å². The first-order chi connectivity index (χ1) is 10.4. The maximum absolute atomic E-state index is 12.1. The Morgan fingerprint density at radius 3 is 2.23 bits per heavy atom. The van der Waals surface area contributed by atoms with Gasteiger partial charge in [0.25, 0.3) is 0 Å². The lowest BCUT2D eigenvalue weighted by Gasteiger charge is -2.33. The summed E-state index contributed by atoms with van der Waals surface area (Å²) in [5.41, 5.74) is 0.287. The third kappa shape index (κ3) is 3.69. The average Bonchev–Trinajstić information content (AvgIpc) is 2.51. The molecule has 1 heterocycles. The van der Waals surface area contributed by atoms with E-state index in [1.165, 1.54) is 11.8 Å². The molecule has 8 heteroatoms. The molecule has 1 saturated heterocycles. The van der Waals surface area contributed by atoms with Gasteiger partial charge in [-0.3, -0.25) is 14.4 Å². The summed E-state index contributed by atoms with van der Waals surface area (Å²) < 4.78 is 0. The van der Waals surface area contributed by atoms with Crippen LogP contribution in [0.4, 0.5) is 5.69 Å². The van der Waals surface area contributed by atoms with Crippen LogP contribution >= 0.6 is 23.2 Å². The van der Waals surface area contributed by atoms with Crippen molar-refractivity contribution in [2.45, 2.75) is 6.92 Å². The summed E-state index contributed by atoms with van der Waals surface area (Å²) in [6.45, 7) is 2.98. The minimum absolute atomic E-state index is 0.0396. The number of hydrogen-bond donors (Lipinski definition) is 1. The summed E-state index contributed by atoms with van der Waals surface area (Å²) in [4.78, 5) is 38.4. The summed E-state index contributed by atoms with van der Waals surface area (Å²) in [6.07, 6.45) is 0. The van der Waals surface area contributed by atoms with E-state index in [1.54, 1.807) is 23.1 Å². The second-order valence-corrected chi connectivity index (χ2v) is 5.64. The van der Waals surface area contributed by atoms with E-state index in [2.05, 4.69) is 5.32 Å². The quantitative estimate of drug-likeness (QED) is 0.787. The molecule has 2 rings (SSSR count). The van der Waals surface area contributed by atoms with E-state index in [1.807, 2.05) is 0 Å². The van der Waals surface area contributed by atoms with E-state index < -0.39 is 11.8 Å². The van der Waals surface area contributed by atoms with E-state index in [4.69, 9.17) is 23.2 Å². The van der Waals surface area contributed by atoms with Gasteiger partial charge in [-0.1, -0.05) is 29.3 Å². The summed E-state index contributed by atoms with van der Waals surface area (Å²) in [7, 11) is 0. The van der Waals surface area contributed by atoms with E-state index in [0.29, 0.717) is 31.2 Å². The molecule has 0 radical (unpaired) electrons. The summed E-state index contributed by atoms with van der Waals surface area (Å²) in [5.74, 6) is -1.47. The number of piperazine rings is 1. The Labute approximate surface area is 138 Å². The fraction of sp³-hybridized carbons (Fsp3) is 0.357. The van der Waals surface area contributed by atoms with Crippen LogP contribution < -0.4 is 5.32 Å². The van der Waals surface area contributed by atoms with Crippen LogP contribution in [0.1, 0.15) is 6.92 Å². The highest BCUT2D eigenvalue weighted by atomic mass is 35.5. The van der Waals surface area contributed by atoms with E-state index in [0.717, 1.165) is 0 Å². The lowest BCUT2D eigenvalue weighted by molar-refractivity contribution is -0.145. The van der Waals surface area contributed by atoms with Gasteiger partial charge < -0.3 is 15.1 Å². The molecule has 0 aromatic heterocycles. The molecule has 1 fully saturated rings. The maximum Gasteiger partial charge on any atom is 0.313 e. The Balaban J connectivity index is 1.97. The number of carbonyl (C=O) groups is 3. The molecule has 1 aliphatic heterocycles. The Morgan fingerprint density at radius 2 is 1.64 bits per heavy atom. The highest BCUT2D eigenvalue weighted by molar-refractivity contribution is 6.45. The van der Waals surface area contributed by atoms with Crippen molar-refractivity contribution in [3.8, 4) is 0 Å². The number of halogens is 2. The number of benzene rings is 1. The molecule has 1 aromatic rings. The predicted octanol–water partition coefficient (Wildman–Crippen LogP) is 1.62. The molecule has 118 valence electrons. The molecule has 22 heavy (non-hydrogen) atoms. The van der Waals surface area contributed by atoms with Crippen LogP contribution in [-0.2, 0) is 14.4 Å². The Bertz CT molecular complexity index is 613. The normalized spacial score (nSPS) is 14.7. The van der Waals surface area contributed by atoms with Crippen molar-refractivity contribution < 1.29 is 14.4 Å². The number of nitrogens with zero attached hydrogens (tertiary/aromatic N) is 2. The van der Waals surface area contributed by atoms with Crippen molar-refractivity contribution >= 4 is 46.6 Å². The van der Waals surface area contributed by atoms with Gasteiger partial charge >= 0.3 is 11.8 Å². The number of anilines is 1. The minimum Gasteiger partial charge on any atom is -0.339 e. The number of hydrogen-bond acceptors (Lipinski definition) is 3. The van der Waals surface area contributed by atoms with Crippen molar-refractivity contribution in [3.63, 3.8) is 0 Å². The molecule has 1 aliphatic rings. The smallest absolute Gasteiger partial charge is 0.313 e. The van der Waals surface area contributed by atoms with Crippen LogP contribution in [0.15, 0.2) is 18.2 Å². The fourth-order valence-corrected chi connectivity index (χ4v) is 2.49. The fourth-order valence-electron chi connectivity index (χ4n) is 2.14. The van der Waals surface area contributed by atoms with Gasteiger partial charge in [0.1, 0.15) is 0 Å². The first kappa shape index (κ1) is 16.6. The van der Waals surface area contributed by atoms with Gasteiger partial charge in [-0.2, -0.15) is 0 Å². The molecule has 0 aliphatic carbocycles. The monoisotopic (exact) mass is 343 g/mol. The van der Waals surface area contributed by atoms with Gasteiger partial charge in [-0.05, 0) is 12.1 Å². The number of carbonyl (C=O) groups excluding carboxylic acids is 3. The largest absolute Gasteiger partial charge is 0.339 e. The lowest BCUT2D eigenvalue weighted by atomic mass is 10.3.